The molecule has 5 heteroatoms. The van der Waals surface area contributed by atoms with Gasteiger partial charge in [-0.15, -0.1) is 11.4 Å². The van der Waals surface area contributed by atoms with E-state index >= 15 is 0 Å². The van der Waals surface area contributed by atoms with E-state index in [1.165, 1.54) is 0 Å². The Hall–Kier alpha value is -2.62. The first-order chi connectivity index (χ1) is 10.9. The molecule has 0 spiro atoms. The monoisotopic (exact) mass is 342 g/mol. The van der Waals surface area contributed by atoms with Crippen molar-refractivity contribution >= 4 is 35.2 Å². The van der Waals surface area contributed by atoms with E-state index in [1.54, 1.807) is 37.0 Å². The first-order valence-electron chi connectivity index (χ1n) is 6.92. The zero-order valence-electron chi connectivity index (χ0n) is 12.2. The molecule has 3 rings (SSSR count). The predicted molar refractivity (Wildman–Crippen MR) is 93.5 cm³/mol. The van der Waals surface area contributed by atoms with E-state index in [4.69, 9.17) is 0 Å². The number of aliphatic imine (C=N–C) groups is 2. The Labute approximate surface area is 146 Å². The fourth-order valence-electron chi connectivity index (χ4n) is 1.94. The maximum absolute atomic E-state index is 4.40. The molecule has 0 N–H and O–H groups in total. The van der Waals surface area contributed by atoms with Crippen LogP contribution in [0, 0.1) is 0 Å². The Morgan fingerprint density at radius 1 is 0.609 bits per heavy atom. The molecule has 0 fully saturated rings. The van der Waals surface area contributed by atoms with Crippen LogP contribution in [0.15, 0.2) is 83.1 Å². The average molecular weight is 342 g/mol. The van der Waals surface area contributed by atoms with Crippen molar-refractivity contribution in [3.63, 3.8) is 0 Å². The summed E-state index contributed by atoms with van der Waals surface area (Å²) in [6, 6.07) is 15.4. The van der Waals surface area contributed by atoms with Gasteiger partial charge in [0.1, 0.15) is 0 Å². The maximum atomic E-state index is 4.40. The Morgan fingerprint density at radius 3 is 1.52 bits per heavy atom. The van der Waals surface area contributed by atoms with Crippen molar-refractivity contribution < 1.29 is 17.1 Å². The first-order valence-corrected chi connectivity index (χ1v) is 6.92. The second-order valence-electron chi connectivity index (χ2n) is 4.48. The van der Waals surface area contributed by atoms with Crippen molar-refractivity contribution in [3.05, 3.63) is 83.7 Å². The molecule has 1 aliphatic rings. The normalized spacial score (nSPS) is 15.7. The number of hydrogen-bond acceptors (Lipinski definition) is 2. The summed E-state index contributed by atoms with van der Waals surface area (Å²) in [5.41, 5.74) is 3.25. The molecule has 23 heavy (non-hydrogen) atoms. The van der Waals surface area contributed by atoms with Gasteiger partial charge >= 0.3 is 17.1 Å². The van der Waals surface area contributed by atoms with E-state index in [0.29, 0.717) is 0 Å². The molecule has 1 aliphatic heterocycles. The van der Waals surface area contributed by atoms with Crippen molar-refractivity contribution in [2.75, 3.05) is 0 Å². The quantitative estimate of drug-likeness (QED) is 0.540. The van der Waals surface area contributed by atoms with Crippen LogP contribution in [-0.2, 0) is 17.1 Å². The SMILES string of the molecule is C1=Nc2ccccc2[N-]/C=C\C=Nc2ccccc2[N-]/C=C\1.[Fe+2]. The van der Waals surface area contributed by atoms with Gasteiger partial charge in [-0.05, 0) is 12.1 Å². The predicted octanol–water partition coefficient (Wildman–Crippen LogP) is 5.84. The largest absolute Gasteiger partial charge is 2.00 e. The van der Waals surface area contributed by atoms with E-state index in [9.17, 15) is 0 Å². The van der Waals surface area contributed by atoms with Crippen LogP contribution >= 0.6 is 0 Å². The van der Waals surface area contributed by atoms with Gasteiger partial charge in [0.15, 0.2) is 0 Å². The van der Waals surface area contributed by atoms with Gasteiger partial charge in [0, 0.05) is 23.8 Å². The molecule has 0 saturated heterocycles. The number of para-hydroxylation sites is 4. The third-order valence-corrected chi connectivity index (χ3v) is 2.96. The van der Waals surface area contributed by atoms with E-state index in [2.05, 4.69) is 20.6 Å². The zero-order chi connectivity index (χ0) is 15.0. The summed E-state index contributed by atoms with van der Waals surface area (Å²) in [6.45, 7) is 0. The summed E-state index contributed by atoms with van der Waals surface area (Å²) in [5.74, 6) is 0. The molecule has 0 atom stereocenters. The molecule has 0 radical (unpaired) electrons. The second-order valence-corrected chi connectivity index (χ2v) is 4.48. The summed E-state index contributed by atoms with van der Waals surface area (Å²) in [4.78, 5) is 8.80. The van der Waals surface area contributed by atoms with Crippen molar-refractivity contribution in [2.45, 2.75) is 0 Å². The van der Waals surface area contributed by atoms with Gasteiger partial charge in [0.25, 0.3) is 0 Å². The van der Waals surface area contributed by atoms with Crippen LogP contribution < -0.4 is 0 Å². The Kier molecular flexibility index (Phi) is 6.36. The molecule has 1 heterocycles. The number of rotatable bonds is 0. The molecule has 0 bridgehead atoms. The summed E-state index contributed by atoms with van der Waals surface area (Å²) in [5, 5.41) is 8.80. The van der Waals surface area contributed by atoms with Crippen LogP contribution in [-0.4, -0.2) is 12.4 Å². The third-order valence-electron chi connectivity index (χ3n) is 2.96. The minimum absolute atomic E-state index is 0. The molecular formula is C18H14FeN4. The Balaban J connectivity index is 0.00000192. The van der Waals surface area contributed by atoms with Crippen molar-refractivity contribution in [2.24, 2.45) is 9.98 Å². The smallest absolute Gasteiger partial charge is 0.662 e. The molecule has 0 aliphatic carbocycles. The summed E-state index contributed by atoms with van der Waals surface area (Å²) in [7, 11) is 0. The number of benzene rings is 2. The van der Waals surface area contributed by atoms with Gasteiger partial charge in [0.05, 0.1) is 0 Å². The number of allylic oxidation sites excluding steroid dienone is 2. The van der Waals surface area contributed by atoms with Crippen LogP contribution in [0.5, 0.6) is 0 Å². The molecule has 4 nitrogen and oxygen atoms in total. The van der Waals surface area contributed by atoms with Crippen LogP contribution in [0.4, 0.5) is 22.7 Å². The van der Waals surface area contributed by atoms with E-state index in [-0.39, 0.29) is 17.1 Å². The van der Waals surface area contributed by atoms with Gasteiger partial charge < -0.3 is 10.6 Å². The molecule has 0 aromatic heterocycles. The molecule has 0 saturated carbocycles. The Bertz CT molecular complexity index is 698. The van der Waals surface area contributed by atoms with Crippen LogP contribution in [0.1, 0.15) is 0 Å². The molecule has 2 aromatic carbocycles. The fraction of sp³-hybridized carbons (Fsp3) is 0. The van der Waals surface area contributed by atoms with Crippen LogP contribution in [0.2, 0.25) is 0 Å². The van der Waals surface area contributed by atoms with Gasteiger partial charge in [-0.2, -0.15) is 12.4 Å². The maximum Gasteiger partial charge on any atom is 2.00 e. The number of nitrogens with zero attached hydrogens (tertiary/aromatic N) is 4. The van der Waals surface area contributed by atoms with Crippen LogP contribution in [0.25, 0.3) is 10.6 Å². The Morgan fingerprint density at radius 2 is 1.04 bits per heavy atom. The standard InChI is InChI=1S/C18H14N4.Fe/c1-2-8-16-15(7-1)19-11-5-13-21-17-9-3-4-10-18(17)22-14-6-12-20-16;/h1-14H;/q-2;+2/b11-5-,14-6-,20-12?,21-13?;. The van der Waals surface area contributed by atoms with Gasteiger partial charge in [-0.1, -0.05) is 48.6 Å². The minimum atomic E-state index is 0. The topological polar surface area (TPSA) is 52.9 Å². The summed E-state index contributed by atoms with van der Waals surface area (Å²) < 4.78 is 0. The van der Waals surface area contributed by atoms with Crippen LogP contribution in [0.3, 0.4) is 0 Å². The molecular weight excluding hydrogens is 328 g/mol. The molecule has 0 amide bonds. The van der Waals surface area contributed by atoms with Crippen molar-refractivity contribution in [1.29, 1.82) is 0 Å². The fourth-order valence-corrected chi connectivity index (χ4v) is 1.94. The van der Waals surface area contributed by atoms with Gasteiger partial charge in [-0.3, -0.25) is 9.98 Å². The molecule has 0 unspecified atom stereocenters. The zero-order valence-corrected chi connectivity index (χ0v) is 13.3. The number of hydrogen-bond donors (Lipinski definition) is 0. The van der Waals surface area contributed by atoms with E-state index in [1.807, 2.05) is 48.5 Å². The van der Waals surface area contributed by atoms with E-state index in [0.717, 1.165) is 22.7 Å². The second kappa shape index (κ2) is 8.73. The summed E-state index contributed by atoms with van der Waals surface area (Å²) >= 11 is 0. The third kappa shape index (κ3) is 4.68. The molecule has 114 valence electrons. The minimum Gasteiger partial charge on any atom is -0.662 e. The average Bonchev–Trinajstić information content (AvgIpc) is 2.56. The van der Waals surface area contributed by atoms with E-state index < -0.39 is 0 Å². The van der Waals surface area contributed by atoms with Crippen molar-refractivity contribution in [1.82, 2.24) is 0 Å². The van der Waals surface area contributed by atoms with Gasteiger partial charge in [-0.25, -0.2) is 0 Å². The number of fused-ring (bicyclic) bond motifs is 2. The first kappa shape index (κ1) is 16.7. The molecule has 2 aromatic rings. The van der Waals surface area contributed by atoms with Gasteiger partial charge in [0.2, 0.25) is 0 Å². The van der Waals surface area contributed by atoms with Crippen molar-refractivity contribution in [3.8, 4) is 0 Å². The summed E-state index contributed by atoms with van der Waals surface area (Å²) in [6.07, 6.45) is 10.4.